The van der Waals surface area contributed by atoms with Gasteiger partial charge in [0.15, 0.2) is 0 Å². The smallest absolute Gasteiger partial charge is 0.251 e. The molecule has 0 aliphatic carbocycles. The molecule has 15 heavy (non-hydrogen) atoms. The van der Waals surface area contributed by atoms with Crippen molar-refractivity contribution in [3.63, 3.8) is 0 Å². The lowest BCUT2D eigenvalue weighted by molar-refractivity contribution is 0.0940. The van der Waals surface area contributed by atoms with Gasteiger partial charge < -0.3 is 15.7 Å². The van der Waals surface area contributed by atoms with Gasteiger partial charge in [-0.25, -0.2) is 0 Å². The zero-order valence-electron chi connectivity index (χ0n) is 8.36. The van der Waals surface area contributed by atoms with E-state index in [-0.39, 0.29) is 17.7 Å². The molecule has 1 aliphatic rings. The Morgan fingerprint density at radius 3 is 2.73 bits per heavy atom. The molecule has 0 spiro atoms. The van der Waals surface area contributed by atoms with E-state index in [1.54, 1.807) is 12.1 Å². The molecule has 1 amide bonds. The Bertz CT molecular complexity index is 342. The van der Waals surface area contributed by atoms with Gasteiger partial charge in [0, 0.05) is 18.2 Å². The van der Waals surface area contributed by atoms with Crippen molar-refractivity contribution in [3.8, 4) is 5.75 Å². The first-order valence-electron chi connectivity index (χ1n) is 5.06. The second kappa shape index (κ2) is 4.31. The van der Waals surface area contributed by atoms with Crippen molar-refractivity contribution in [2.24, 2.45) is 0 Å². The average molecular weight is 206 g/mol. The SMILES string of the molecule is O=C(NC1CCNC1)c1ccc(O)cc1. The average Bonchev–Trinajstić information content (AvgIpc) is 2.71. The summed E-state index contributed by atoms with van der Waals surface area (Å²) in [6, 6.07) is 6.50. The van der Waals surface area contributed by atoms with Crippen LogP contribution in [0.3, 0.4) is 0 Å². The number of carbonyl (C=O) groups excluding carboxylic acids is 1. The Hall–Kier alpha value is -1.55. The fourth-order valence-corrected chi connectivity index (χ4v) is 1.66. The minimum Gasteiger partial charge on any atom is -0.508 e. The van der Waals surface area contributed by atoms with Gasteiger partial charge in [-0.3, -0.25) is 4.79 Å². The van der Waals surface area contributed by atoms with Crippen LogP contribution in [0.4, 0.5) is 0 Å². The van der Waals surface area contributed by atoms with Crippen molar-refractivity contribution in [1.29, 1.82) is 0 Å². The Morgan fingerprint density at radius 2 is 2.13 bits per heavy atom. The number of carbonyl (C=O) groups is 1. The lowest BCUT2D eigenvalue weighted by Gasteiger charge is -2.10. The summed E-state index contributed by atoms with van der Waals surface area (Å²) in [7, 11) is 0. The zero-order chi connectivity index (χ0) is 10.7. The van der Waals surface area contributed by atoms with Gasteiger partial charge in [-0.2, -0.15) is 0 Å². The second-order valence-corrected chi connectivity index (χ2v) is 3.71. The molecule has 80 valence electrons. The molecule has 1 heterocycles. The van der Waals surface area contributed by atoms with Crippen LogP contribution in [-0.4, -0.2) is 30.1 Å². The van der Waals surface area contributed by atoms with Gasteiger partial charge in [-0.15, -0.1) is 0 Å². The van der Waals surface area contributed by atoms with Gasteiger partial charge in [0.05, 0.1) is 0 Å². The van der Waals surface area contributed by atoms with E-state index in [1.807, 2.05) is 0 Å². The van der Waals surface area contributed by atoms with Gasteiger partial charge in [-0.1, -0.05) is 0 Å². The summed E-state index contributed by atoms with van der Waals surface area (Å²) in [5, 5.41) is 15.2. The first-order valence-corrected chi connectivity index (χ1v) is 5.06. The maximum Gasteiger partial charge on any atom is 0.251 e. The van der Waals surface area contributed by atoms with E-state index in [2.05, 4.69) is 10.6 Å². The summed E-state index contributed by atoms with van der Waals surface area (Å²) in [5.41, 5.74) is 0.583. The summed E-state index contributed by atoms with van der Waals surface area (Å²) in [5.74, 6) is 0.0952. The largest absolute Gasteiger partial charge is 0.508 e. The molecule has 1 fully saturated rings. The Kier molecular flexibility index (Phi) is 2.87. The number of aromatic hydroxyl groups is 1. The lowest BCUT2D eigenvalue weighted by atomic mass is 10.2. The molecule has 1 aromatic rings. The number of amides is 1. The first kappa shape index (κ1) is 9.98. The van der Waals surface area contributed by atoms with E-state index >= 15 is 0 Å². The van der Waals surface area contributed by atoms with Gasteiger partial charge in [0.25, 0.3) is 5.91 Å². The molecule has 1 atom stereocenters. The number of hydrogen-bond acceptors (Lipinski definition) is 3. The van der Waals surface area contributed by atoms with Crippen molar-refractivity contribution in [1.82, 2.24) is 10.6 Å². The van der Waals surface area contributed by atoms with Crippen LogP contribution in [0.1, 0.15) is 16.8 Å². The molecule has 0 saturated carbocycles. The maximum atomic E-state index is 11.7. The van der Waals surface area contributed by atoms with Crippen LogP contribution in [0.25, 0.3) is 0 Å². The molecular weight excluding hydrogens is 192 g/mol. The van der Waals surface area contributed by atoms with Crippen molar-refractivity contribution in [3.05, 3.63) is 29.8 Å². The van der Waals surface area contributed by atoms with Crippen LogP contribution in [0.2, 0.25) is 0 Å². The molecule has 1 aliphatic heterocycles. The lowest BCUT2D eigenvalue weighted by Crippen LogP contribution is -2.36. The number of phenols is 1. The summed E-state index contributed by atoms with van der Waals surface area (Å²) < 4.78 is 0. The van der Waals surface area contributed by atoms with Crippen molar-refractivity contribution in [2.75, 3.05) is 13.1 Å². The van der Waals surface area contributed by atoms with E-state index in [4.69, 9.17) is 5.11 Å². The quantitative estimate of drug-likeness (QED) is 0.659. The highest BCUT2D eigenvalue weighted by atomic mass is 16.3. The Labute approximate surface area is 88.3 Å². The fraction of sp³-hybridized carbons (Fsp3) is 0.364. The molecule has 3 N–H and O–H groups in total. The van der Waals surface area contributed by atoms with E-state index in [9.17, 15) is 4.79 Å². The summed E-state index contributed by atoms with van der Waals surface area (Å²) in [6.07, 6.45) is 0.976. The monoisotopic (exact) mass is 206 g/mol. The molecule has 1 unspecified atom stereocenters. The van der Waals surface area contributed by atoms with E-state index in [1.165, 1.54) is 12.1 Å². The second-order valence-electron chi connectivity index (χ2n) is 3.71. The summed E-state index contributed by atoms with van der Waals surface area (Å²) in [4.78, 5) is 11.7. The Morgan fingerprint density at radius 1 is 1.40 bits per heavy atom. The maximum absolute atomic E-state index is 11.7. The van der Waals surface area contributed by atoms with Gasteiger partial charge in [-0.05, 0) is 37.2 Å². The fourth-order valence-electron chi connectivity index (χ4n) is 1.66. The summed E-state index contributed by atoms with van der Waals surface area (Å²) in [6.45, 7) is 1.80. The first-order chi connectivity index (χ1) is 7.25. The highest BCUT2D eigenvalue weighted by Gasteiger charge is 2.17. The van der Waals surface area contributed by atoms with Crippen molar-refractivity contribution >= 4 is 5.91 Å². The molecule has 2 rings (SSSR count). The third-order valence-corrected chi connectivity index (χ3v) is 2.53. The summed E-state index contributed by atoms with van der Waals surface area (Å²) >= 11 is 0. The minimum absolute atomic E-state index is 0.0799. The molecular formula is C11H14N2O2. The number of phenolic OH excluding ortho intramolecular Hbond substituents is 1. The molecule has 0 bridgehead atoms. The molecule has 0 radical (unpaired) electrons. The molecule has 1 aromatic carbocycles. The molecule has 0 aromatic heterocycles. The van der Waals surface area contributed by atoms with Crippen molar-refractivity contribution < 1.29 is 9.90 Å². The van der Waals surface area contributed by atoms with E-state index in [0.717, 1.165) is 19.5 Å². The third kappa shape index (κ3) is 2.47. The van der Waals surface area contributed by atoms with Gasteiger partial charge in [0.1, 0.15) is 5.75 Å². The van der Waals surface area contributed by atoms with Crippen LogP contribution < -0.4 is 10.6 Å². The predicted molar refractivity (Wildman–Crippen MR) is 56.8 cm³/mol. The van der Waals surface area contributed by atoms with Crippen LogP contribution in [0, 0.1) is 0 Å². The Balaban J connectivity index is 1.98. The van der Waals surface area contributed by atoms with Gasteiger partial charge >= 0.3 is 0 Å². The molecule has 4 nitrogen and oxygen atoms in total. The zero-order valence-corrected chi connectivity index (χ0v) is 8.36. The number of rotatable bonds is 2. The topological polar surface area (TPSA) is 61.4 Å². The van der Waals surface area contributed by atoms with Crippen LogP contribution >= 0.6 is 0 Å². The molecule has 4 heteroatoms. The highest BCUT2D eigenvalue weighted by molar-refractivity contribution is 5.94. The normalized spacial score (nSPS) is 20.1. The van der Waals surface area contributed by atoms with Crippen LogP contribution in [-0.2, 0) is 0 Å². The third-order valence-electron chi connectivity index (χ3n) is 2.53. The predicted octanol–water partition coefficient (Wildman–Crippen LogP) is 0.484. The standard InChI is InChI=1S/C11H14N2O2/c14-10-3-1-8(2-4-10)11(15)13-9-5-6-12-7-9/h1-4,9,12,14H,5-7H2,(H,13,15). The highest BCUT2D eigenvalue weighted by Crippen LogP contribution is 2.10. The number of benzene rings is 1. The van der Waals surface area contributed by atoms with Crippen LogP contribution in [0.15, 0.2) is 24.3 Å². The van der Waals surface area contributed by atoms with Crippen molar-refractivity contribution in [2.45, 2.75) is 12.5 Å². The number of nitrogens with one attached hydrogen (secondary N) is 2. The van der Waals surface area contributed by atoms with Crippen LogP contribution in [0.5, 0.6) is 5.75 Å². The molecule has 1 saturated heterocycles. The van der Waals surface area contributed by atoms with E-state index in [0.29, 0.717) is 5.56 Å². The van der Waals surface area contributed by atoms with Gasteiger partial charge in [0.2, 0.25) is 0 Å². The minimum atomic E-state index is -0.0799. The van der Waals surface area contributed by atoms with E-state index < -0.39 is 0 Å². The number of hydrogen-bond donors (Lipinski definition) is 3.